The third-order valence-corrected chi connectivity index (χ3v) is 7.52. The third-order valence-electron chi connectivity index (χ3n) is 5.88. The van der Waals surface area contributed by atoms with Crippen LogP contribution in [0.5, 0.6) is 0 Å². The SMILES string of the molecule is CCS(=O)(=O)c1ncc(CN(C)C[C@H]2CCCN2C)n1CCCc1ccccc1. The molecule has 0 amide bonds. The average molecular weight is 419 g/mol. The van der Waals surface area contributed by atoms with Crippen molar-refractivity contribution in [3.8, 4) is 0 Å². The quantitative estimate of drug-likeness (QED) is 0.594. The van der Waals surface area contributed by atoms with Gasteiger partial charge >= 0.3 is 0 Å². The number of nitrogens with zero attached hydrogens (tertiary/aromatic N) is 4. The number of hydrogen-bond donors (Lipinski definition) is 0. The smallest absolute Gasteiger partial charge is 0.227 e. The van der Waals surface area contributed by atoms with Crippen molar-refractivity contribution in [2.45, 2.75) is 56.9 Å². The van der Waals surface area contributed by atoms with Gasteiger partial charge in [-0.05, 0) is 51.9 Å². The summed E-state index contributed by atoms with van der Waals surface area (Å²) < 4.78 is 27.1. The first-order valence-electron chi connectivity index (χ1n) is 10.6. The maximum absolute atomic E-state index is 12.6. The summed E-state index contributed by atoms with van der Waals surface area (Å²) in [5, 5.41) is 0.217. The molecule has 0 unspecified atom stereocenters. The van der Waals surface area contributed by atoms with Crippen LogP contribution in [0.25, 0.3) is 0 Å². The minimum absolute atomic E-state index is 0.0743. The summed E-state index contributed by atoms with van der Waals surface area (Å²) in [6, 6.07) is 10.9. The molecule has 0 radical (unpaired) electrons. The highest BCUT2D eigenvalue weighted by Gasteiger charge is 2.24. The van der Waals surface area contributed by atoms with Gasteiger partial charge in [0.1, 0.15) is 0 Å². The lowest BCUT2D eigenvalue weighted by Gasteiger charge is -2.26. The second-order valence-corrected chi connectivity index (χ2v) is 10.3. The van der Waals surface area contributed by atoms with Crippen molar-refractivity contribution >= 4 is 9.84 Å². The van der Waals surface area contributed by atoms with E-state index >= 15 is 0 Å². The van der Waals surface area contributed by atoms with E-state index in [-0.39, 0.29) is 10.9 Å². The molecule has 0 bridgehead atoms. The Morgan fingerprint density at radius 3 is 2.66 bits per heavy atom. The van der Waals surface area contributed by atoms with Crippen LogP contribution in [0.4, 0.5) is 0 Å². The lowest BCUT2D eigenvalue weighted by Crippen LogP contribution is -2.36. The summed E-state index contributed by atoms with van der Waals surface area (Å²) in [5.74, 6) is 0.0743. The van der Waals surface area contributed by atoms with Gasteiger partial charge < -0.3 is 9.47 Å². The number of sulfone groups is 1. The zero-order chi connectivity index (χ0) is 20.9. The van der Waals surface area contributed by atoms with Crippen molar-refractivity contribution in [2.24, 2.45) is 0 Å². The van der Waals surface area contributed by atoms with Crippen LogP contribution in [-0.4, -0.2) is 66.7 Å². The Labute approximate surface area is 175 Å². The number of aryl methyl sites for hydroxylation is 1. The molecule has 0 aliphatic carbocycles. The van der Waals surface area contributed by atoms with Crippen LogP contribution < -0.4 is 0 Å². The minimum atomic E-state index is -3.34. The van der Waals surface area contributed by atoms with E-state index in [2.05, 4.69) is 41.0 Å². The molecule has 1 aromatic carbocycles. The average Bonchev–Trinajstić information content (AvgIpc) is 3.29. The summed E-state index contributed by atoms with van der Waals surface area (Å²) >= 11 is 0. The van der Waals surface area contributed by atoms with Crippen LogP contribution in [0.3, 0.4) is 0 Å². The first-order valence-corrected chi connectivity index (χ1v) is 12.3. The highest BCUT2D eigenvalue weighted by molar-refractivity contribution is 7.91. The summed E-state index contributed by atoms with van der Waals surface area (Å²) in [5.41, 5.74) is 2.25. The normalized spacial score (nSPS) is 18.0. The molecule has 7 heteroatoms. The highest BCUT2D eigenvalue weighted by atomic mass is 32.2. The predicted octanol–water partition coefficient (Wildman–Crippen LogP) is 2.84. The maximum Gasteiger partial charge on any atom is 0.227 e. The van der Waals surface area contributed by atoms with Crippen molar-refractivity contribution in [1.29, 1.82) is 0 Å². The number of likely N-dealkylation sites (tertiary alicyclic amines) is 1. The van der Waals surface area contributed by atoms with Gasteiger partial charge in [0.2, 0.25) is 15.0 Å². The van der Waals surface area contributed by atoms with E-state index in [1.807, 2.05) is 22.8 Å². The van der Waals surface area contributed by atoms with Crippen molar-refractivity contribution in [3.05, 3.63) is 47.8 Å². The zero-order valence-electron chi connectivity index (χ0n) is 17.9. The molecule has 1 atom stereocenters. The van der Waals surface area contributed by atoms with Crippen molar-refractivity contribution in [1.82, 2.24) is 19.4 Å². The van der Waals surface area contributed by atoms with Gasteiger partial charge in [0.05, 0.1) is 17.6 Å². The third kappa shape index (κ3) is 5.68. The minimum Gasteiger partial charge on any atom is -0.318 e. The van der Waals surface area contributed by atoms with Gasteiger partial charge in [0, 0.05) is 25.7 Å². The first kappa shape index (κ1) is 22.0. The van der Waals surface area contributed by atoms with Crippen LogP contribution >= 0.6 is 0 Å². The summed E-state index contributed by atoms with van der Waals surface area (Å²) in [4.78, 5) is 9.03. The standard InChI is InChI=1S/C22H34N4O2S/c1-4-29(27,28)22-23-16-21(18-24(2)17-20-13-9-14-25(20)3)26(22)15-8-12-19-10-6-5-7-11-19/h5-7,10-11,16,20H,4,8-9,12-15,17-18H2,1-3H3/t20-/m1/s1. The number of rotatable bonds is 10. The zero-order valence-corrected chi connectivity index (χ0v) is 18.7. The maximum atomic E-state index is 12.6. The molecule has 1 aliphatic heterocycles. The van der Waals surface area contributed by atoms with Gasteiger partial charge in [0.25, 0.3) is 0 Å². The molecule has 160 valence electrons. The second-order valence-electron chi connectivity index (χ2n) is 8.15. The summed E-state index contributed by atoms with van der Waals surface area (Å²) in [6.07, 6.45) is 6.04. The number of likely N-dealkylation sites (N-methyl/N-ethyl adjacent to an activating group) is 2. The fraction of sp³-hybridized carbons (Fsp3) is 0.591. The molecule has 1 aliphatic rings. The highest BCUT2D eigenvalue weighted by Crippen LogP contribution is 2.19. The van der Waals surface area contributed by atoms with E-state index in [0.717, 1.165) is 31.6 Å². The molecule has 0 saturated carbocycles. The van der Waals surface area contributed by atoms with Crippen LogP contribution in [0.15, 0.2) is 41.7 Å². The van der Waals surface area contributed by atoms with E-state index in [4.69, 9.17) is 0 Å². The van der Waals surface area contributed by atoms with E-state index in [9.17, 15) is 8.42 Å². The molecular formula is C22H34N4O2S. The molecule has 2 aromatic rings. The van der Waals surface area contributed by atoms with E-state index in [1.165, 1.54) is 18.4 Å². The van der Waals surface area contributed by atoms with Gasteiger partial charge in [-0.1, -0.05) is 37.3 Å². The molecule has 2 heterocycles. The Bertz CT molecular complexity index is 879. The van der Waals surface area contributed by atoms with Crippen LogP contribution in [-0.2, 0) is 29.3 Å². The first-order chi connectivity index (χ1) is 13.9. The van der Waals surface area contributed by atoms with E-state index in [0.29, 0.717) is 19.1 Å². The lowest BCUT2D eigenvalue weighted by molar-refractivity contribution is 0.212. The molecular weight excluding hydrogens is 384 g/mol. The lowest BCUT2D eigenvalue weighted by atomic mass is 10.1. The van der Waals surface area contributed by atoms with Gasteiger partial charge in [0.15, 0.2) is 0 Å². The van der Waals surface area contributed by atoms with Crippen molar-refractivity contribution in [3.63, 3.8) is 0 Å². The second kappa shape index (κ2) is 9.87. The molecule has 0 spiro atoms. The largest absolute Gasteiger partial charge is 0.318 e. The molecule has 1 fully saturated rings. The fourth-order valence-electron chi connectivity index (χ4n) is 4.13. The molecule has 1 aromatic heterocycles. The van der Waals surface area contributed by atoms with Crippen LogP contribution in [0, 0.1) is 0 Å². The Morgan fingerprint density at radius 1 is 1.24 bits per heavy atom. The van der Waals surface area contributed by atoms with Crippen molar-refractivity contribution < 1.29 is 8.42 Å². The van der Waals surface area contributed by atoms with Crippen LogP contribution in [0.1, 0.15) is 37.4 Å². The fourth-order valence-corrected chi connectivity index (χ4v) is 5.15. The summed E-state index contributed by atoms with van der Waals surface area (Å²) in [7, 11) is 0.953. The Kier molecular flexibility index (Phi) is 7.49. The Balaban J connectivity index is 1.71. The molecule has 6 nitrogen and oxygen atoms in total. The Hall–Kier alpha value is -1.70. The van der Waals surface area contributed by atoms with Gasteiger partial charge in [-0.2, -0.15) is 0 Å². The van der Waals surface area contributed by atoms with E-state index < -0.39 is 9.84 Å². The van der Waals surface area contributed by atoms with Gasteiger partial charge in [-0.25, -0.2) is 13.4 Å². The number of imidazole rings is 1. The van der Waals surface area contributed by atoms with E-state index in [1.54, 1.807) is 13.1 Å². The molecule has 29 heavy (non-hydrogen) atoms. The topological polar surface area (TPSA) is 58.4 Å². The predicted molar refractivity (Wildman–Crippen MR) is 117 cm³/mol. The van der Waals surface area contributed by atoms with Crippen LogP contribution in [0.2, 0.25) is 0 Å². The van der Waals surface area contributed by atoms with Gasteiger partial charge in [-0.3, -0.25) is 4.90 Å². The number of aromatic nitrogens is 2. The van der Waals surface area contributed by atoms with Gasteiger partial charge in [-0.15, -0.1) is 0 Å². The number of hydrogen-bond acceptors (Lipinski definition) is 5. The molecule has 1 saturated heterocycles. The molecule has 0 N–H and O–H groups in total. The molecule has 3 rings (SSSR count). The number of benzene rings is 1. The monoisotopic (exact) mass is 418 g/mol. The van der Waals surface area contributed by atoms with Crippen molar-refractivity contribution in [2.75, 3.05) is 32.9 Å². The Morgan fingerprint density at radius 2 is 2.00 bits per heavy atom. The summed E-state index contributed by atoms with van der Waals surface area (Å²) in [6.45, 7) is 5.20.